The van der Waals surface area contributed by atoms with E-state index in [1.165, 1.54) is 30.3 Å². The van der Waals surface area contributed by atoms with Gasteiger partial charge in [0.25, 0.3) is 5.91 Å². The molecule has 0 fully saturated rings. The molecule has 0 heterocycles. The van der Waals surface area contributed by atoms with Crippen molar-refractivity contribution < 1.29 is 23.8 Å². The molecule has 2 aromatic carbocycles. The molecule has 0 aliphatic carbocycles. The van der Waals surface area contributed by atoms with Crippen molar-refractivity contribution in [3.05, 3.63) is 65.5 Å². The number of hydrogen-bond acceptors (Lipinski definition) is 4. The van der Waals surface area contributed by atoms with Gasteiger partial charge < -0.3 is 15.2 Å². The topological polar surface area (TPSA) is 75.6 Å². The largest absolute Gasteiger partial charge is 0.508 e. The fourth-order valence-electron chi connectivity index (χ4n) is 1.94. The van der Waals surface area contributed by atoms with Crippen molar-refractivity contribution in [1.29, 1.82) is 0 Å². The van der Waals surface area contributed by atoms with Gasteiger partial charge >= 0.3 is 5.97 Å². The lowest BCUT2D eigenvalue weighted by Gasteiger charge is -2.07. The van der Waals surface area contributed by atoms with Crippen molar-refractivity contribution in [2.24, 2.45) is 0 Å². The van der Waals surface area contributed by atoms with E-state index in [0.717, 1.165) is 0 Å². The zero-order chi connectivity index (χ0) is 16.7. The molecule has 0 saturated heterocycles. The first-order valence-electron chi connectivity index (χ1n) is 7.02. The van der Waals surface area contributed by atoms with Crippen LogP contribution in [0.25, 0.3) is 0 Å². The van der Waals surface area contributed by atoms with E-state index < -0.39 is 18.5 Å². The number of aromatic hydroxyl groups is 1. The molecule has 5 nitrogen and oxygen atoms in total. The van der Waals surface area contributed by atoms with E-state index in [0.29, 0.717) is 12.0 Å². The smallest absolute Gasteiger partial charge is 0.338 e. The minimum absolute atomic E-state index is 0.0613. The molecule has 0 radical (unpaired) electrons. The number of ether oxygens (including phenoxy) is 1. The molecular weight excluding hydrogens is 301 g/mol. The molecule has 6 heteroatoms. The van der Waals surface area contributed by atoms with Crippen LogP contribution in [0.15, 0.2) is 48.5 Å². The van der Waals surface area contributed by atoms with E-state index >= 15 is 0 Å². The molecule has 0 saturated carbocycles. The summed E-state index contributed by atoms with van der Waals surface area (Å²) in [5.74, 6) is -1.56. The van der Waals surface area contributed by atoms with Gasteiger partial charge in [0, 0.05) is 6.54 Å². The highest BCUT2D eigenvalue weighted by Gasteiger charge is 2.10. The number of phenols is 1. The molecule has 0 spiro atoms. The number of rotatable bonds is 6. The van der Waals surface area contributed by atoms with Crippen molar-refractivity contribution in [2.75, 3.05) is 13.2 Å². The van der Waals surface area contributed by atoms with E-state index in [-0.39, 0.29) is 23.7 Å². The fraction of sp³-hybridized carbons (Fsp3) is 0.176. The summed E-state index contributed by atoms with van der Waals surface area (Å²) in [6.07, 6.45) is 0.346. The fourth-order valence-corrected chi connectivity index (χ4v) is 1.94. The van der Waals surface area contributed by atoms with Crippen molar-refractivity contribution in [2.45, 2.75) is 6.42 Å². The molecule has 23 heavy (non-hydrogen) atoms. The van der Waals surface area contributed by atoms with Crippen LogP contribution in [0.3, 0.4) is 0 Å². The maximum atomic E-state index is 13.4. The lowest BCUT2D eigenvalue weighted by molar-refractivity contribution is -0.124. The predicted octanol–water partition coefficient (Wildman–Crippen LogP) is 2.05. The van der Waals surface area contributed by atoms with Gasteiger partial charge in [0.1, 0.15) is 11.6 Å². The Hall–Kier alpha value is -2.89. The quantitative estimate of drug-likeness (QED) is 0.800. The molecule has 0 unspecified atom stereocenters. The Balaban J connectivity index is 1.73. The molecule has 2 rings (SSSR count). The summed E-state index contributed by atoms with van der Waals surface area (Å²) < 4.78 is 18.2. The first kappa shape index (κ1) is 16.5. The Bertz CT molecular complexity index is 702. The average Bonchev–Trinajstić information content (AvgIpc) is 2.54. The molecule has 2 N–H and O–H groups in total. The van der Waals surface area contributed by atoms with Crippen LogP contribution < -0.4 is 5.32 Å². The van der Waals surface area contributed by atoms with Crippen LogP contribution in [0.1, 0.15) is 15.9 Å². The normalized spacial score (nSPS) is 10.1. The van der Waals surface area contributed by atoms with Gasteiger partial charge in [0.05, 0.1) is 5.56 Å². The number of benzene rings is 2. The second kappa shape index (κ2) is 7.93. The van der Waals surface area contributed by atoms with E-state index in [4.69, 9.17) is 4.74 Å². The van der Waals surface area contributed by atoms with Crippen LogP contribution in [-0.4, -0.2) is 30.1 Å². The zero-order valence-electron chi connectivity index (χ0n) is 12.3. The van der Waals surface area contributed by atoms with E-state index in [1.54, 1.807) is 18.2 Å². The number of amides is 1. The van der Waals surface area contributed by atoms with E-state index in [2.05, 4.69) is 5.32 Å². The second-order valence-electron chi connectivity index (χ2n) is 4.82. The molecule has 0 aliphatic rings. The van der Waals surface area contributed by atoms with Crippen LogP contribution in [0.4, 0.5) is 4.39 Å². The Kier molecular flexibility index (Phi) is 5.68. The summed E-state index contributed by atoms with van der Waals surface area (Å²) in [5, 5.41) is 11.8. The standard InChI is InChI=1S/C17H16FNO4/c18-15-7-2-1-4-12(15)8-9-19-16(21)11-23-17(22)13-5-3-6-14(20)10-13/h1-7,10,20H,8-9,11H2,(H,19,21). The number of halogens is 1. The van der Waals surface area contributed by atoms with Gasteiger partial charge in [-0.3, -0.25) is 4.79 Å². The monoisotopic (exact) mass is 317 g/mol. The van der Waals surface area contributed by atoms with Gasteiger partial charge in [-0.25, -0.2) is 9.18 Å². The third kappa shape index (κ3) is 5.10. The first-order valence-corrected chi connectivity index (χ1v) is 7.02. The Morgan fingerprint density at radius 2 is 1.91 bits per heavy atom. The maximum absolute atomic E-state index is 13.4. The van der Waals surface area contributed by atoms with Gasteiger partial charge in [-0.05, 0) is 36.2 Å². The summed E-state index contributed by atoms with van der Waals surface area (Å²) in [7, 11) is 0. The summed E-state index contributed by atoms with van der Waals surface area (Å²) in [4.78, 5) is 23.3. The van der Waals surface area contributed by atoms with Crippen molar-refractivity contribution >= 4 is 11.9 Å². The Morgan fingerprint density at radius 1 is 1.13 bits per heavy atom. The zero-order valence-corrected chi connectivity index (χ0v) is 12.3. The van der Waals surface area contributed by atoms with Crippen LogP contribution in [-0.2, 0) is 16.0 Å². The molecule has 2 aromatic rings. The predicted molar refractivity (Wildman–Crippen MR) is 81.5 cm³/mol. The molecule has 0 aromatic heterocycles. The minimum Gasteiger partial charge on any atom is -0.508 e. The molecular formula is C17H16FNO4. The van der Waals surface area contributed by atoms with Gasteiger partial charge in [0.2, 0.25) is 0 Å². The number of carbonyl (C=O) groups is 2. The van der Waals surface area contributed by atoms with Crippen LogP contribution >= 0.6 is 0 Å². The summed E-state index contributed by atoms with van der Waals surface area (Å²) in [6.45, 7) is -0.199. The van der Waals surface area contributed by atoms with E-state index in [9.17, 15) is 19.1 Å². The summed E-state index contributed by atoms with van der Waals surface area (Å²) in [6, 6.07) is 12.0. The molecule has 0 aliphatic heterocycles. The third-order valence-corrected chi connectivity index (χ3v) is 3.09. The second-order valence-corrected chi connectivity index (χ2v) is 4.82. The number of esters is 1. The molecule has 1 amide bonds. The number of nitrogens with one attached hydrogen (secondary N) is 1. The molecule has 0 bridgehead atoms. The van der Waals surface area contributed by atoms with Gasteiger partial charge in [-0.15, -0.1) is 0 Å². The summed E-state index contributed by atoms with van der Waals surface area (Å²) >= 11 is 0. The number of phenolic OH excluding ortho intramolecular Hbond substituents is 1. The highest BCUT2D eigenvalue weighted by molar-refractivity contribution is 5.91. The van der Waals surface area contributed by atoms with Crippen molar-refractivity contribution in [3.63, 3.8) is 0 Å². The van der Waals surface area contributed by atoms with Crippen molar-refractivity contribution in [1.82, 2.24) is 5.32 Å². The van der Waals surface area contributed by atoms with Gasteiger partial charge in [-0.2, -0.15) is 0 Å². The van der Waals surface area contributed by atoms with E-state index in [1.807, 2.05) is 0 Å². The highest BCUT2D eigenvalue weighted by Crippen LogP contribution is 2.11. The summed E-state index contributed by atoms with van der Waals surface area (Å²) in [5.41, 5.74) is 0.661. The van der Waals surface area contributed by atoms with Crippen LogP contribution in [0.2, 0.25) is 0 Å². The van der Waals surface area contributed by atoms with Gasteiger partial charge in [-0.1, -0.05) is 24.3 Å². The highest BCUT2D eigenvalue weighted by atomic mass is 19.1. The van der Waals surface area contributed by atoms with Crippen molar-refractivity contribution in [3.8, 4) is 5.75 Å². The average molecular weight is 317 g/mol. The minimum atomic E-state index is -0.704. The van der Waals surface area contributed by atoms with Gasteiger partial charge in [0.15, 0.2) is 6.61 Å². The number of carbonyl (C=O) groups excluding carboxylic acids is 2. The SMILES string of the molecule is O=C(COC(=O)c1cccc(O)c1)NCCc1ccccc1F. The third-order valence-electron chi connectivity index (χ3n) is 3.09. The lowest BCUT2D eigenvalue weighted by atomic mass is 10.1. The molecule has 120 valence electrons. The first-order chi connectivity index (χ1) is 11.1. The van der Waals surface area contributed by atoms with Crippen LogP contribution in [0, 0.1) is 5.82 Å². The lowest BCUT2D eigenvalue weighted by Crippen LogP contribution is -2.30. The Labute approximate surface area is 132 Å². The Morgan fingerprint density at radius 3 is 2.65 bits per heavy atom. The molecule has 0 atom stereocenters. The maximum Gasteiger partial charge on any atom is 0.338 e. The van der Waals surface area contributed by atoms with Crippen LogP contribution in [0.5, 0.6) is 5.75 Å². The number of hydrogen-bond donors (Lipinski definition) is 2.